The molecule has 1 aromatic carbocycles. The molecule has 0 spiro atoms. The van der Waals surface area contributed by atoms with Crippen molar-refractivity contribution in [2.45, 2.75) is 24.8 Å². The van der Waals surface area contributed by atoms with Gasteiger partial charge in [-0.1, -0.05) is 11.6 Å². The van der Waals surface area contributed by atoms with E-state index in [0.29, 0.717) is 6.54 Å². The van der Waals surface area contributed by atoms with Gasteiger partial charge in [-0.2, -0.15) is 4.72 Å². The number of carbonyl (C=O) groups is 2. The summed E-state index contributed by atoms with van der Waals surface area (Å²) < 4.78 is 26.4. The second-order valence-electron chi connectivity index (χ2n) is 4.18. The number of halogens is 1. The van der Waals surface area contributed by atoms with Crippen molar-refractivity contribution in [2.24, 2.45) is 0 Å². The lowest BCUT2D eigenvalue weighted by molar-refractivity contribution is -0.122. The fourth-order valence-corrected chi connectivity index (χ4v) is 3.07. The zero-order valence-electron chi connectivity index (χ0n) is 11.4. The number of benzene rings is 1. The number of carboxylic acids is 1. The number of likely N-dealkylation sites (N-methyl/N-ethyl adjacent to an activating group) is 1. The van der Waals surface area contributed by atoms with Gasteiger partial charge in [-0.25, -0.2) is 13.2 Å². The first kappa shape index (κ1) is 17.4. The monoisotopic (exact) mass is 334 g/mol. The molecule has 0 heterocycles. The molecule has 0 bridgehead atoms. The van der Waals surface area contributed by atoms with Crippen LogP contribution >= 0.6 is 11.6 Å². The first-order chi connectivity index (χ1) is 9.69. The lowest BCUT2D eigenvalue weighted by Gasteiger charge is -2.14. The summed E-state index contributed by atoms with van der Waals surface area (Å²) >= 11 is 5.73. The molecular formula is C12H15ClN2O5S. The Morgan fingerprint density at radius 3 is 2.48 bits per heavy atom. The van der Waals surface area contributed by atoms with Gasteiger partial charge in [0, 0.05) is 6.54 Å². The predicted octanol–water partition coefficient (Wildman–Crippen LogP) is 0.841. The van der Waals surface area contributed by atoms with Gasteiger partial charge in [-0.15, -0.1) is 0 Å². The molecule has 0 radical (unpaired) electrons. The van der Waals surface area contributed by atoms with Crippen molar-refractivity contribution in [1.82, 2.24) is 10.0 Å². The fraction of sp³-hybridized carbons (Fsp3) is 0.333. The molecule has 0 aromatic heterocycles. The van der Waals surface area contributed by atoms with Crippen molar-refractivity contribution in [3.05, 3.63) is 28.8 Å². The fourth-order valence-electron chi connectivity index (χ4n) is 1.52. The molecule has 1 rings (SSSR count). The number of carboxylic acid groups (broad SMARTS) is 1. The van der Waals surface area contributed by atoms with Crippen molar-refractivity contribution in [1.29, 1.82) is 0 Å². The topological polar surface area (TPSA) is 113 Å². The molecule has 3 N–H and O–H groups in total. The molecule has 0 saturated heterocycles. The maximum absolute atomic E-state index is 12.1. The SMILES string of the molecule is CCNC(=O)C(C)NS(=O)(=O)c1ccc(C(=O)O)c(Cl)c1. The van der Waals surface area contributed by atoms with Crippen molar-refractivity contribution in [3.8, 4) is 0 Å². The van der Waals surface area contributed by atoms with Crippen LogP contribution in [0, 0.1) is 0 Å². The third-order valence-electron chi connectivity index (χ3n) is 2.56. The number of hydrogen-bond acceptors (Lipinski definition) is 4. The Labute approximate surface area is 127 Å². The van der Waals surface area contributed by atoms with Gasteiger partial charge in [0.2, 0.25) is 15.9 Å². The van der Waals surface area contributed by atoms with Crippen LogP contribution in [0.3, 0.4) is 0 Å². The molecular weight excluding hydrogens is 320 g/mol. The predicted molar refractivity (Wildman–Crippen MR) is 76.9 cm³/mol. The summed E-state index contributed by atoms with van der Waals surface area (Å²) in [5, 5.41) is 11.1. The maximum atomic E-state index is 12.1. The molecule has 0 aliphatic heterocycles. The Kier molecular flexibility index (Phi) is 5.70. The van der Waals surface area contributed by atoms with Crippen molar-refractivity contribution in [3.63, 3.8) is 0 Å². The Morgan fingerprint density at radius 1 is 1.38 bits per heavy atom. The molecule has 9 heteroatoms. The van der Waals surface area contributed by atoms with Crippen LogP contribution in [0.5, 0.6) is 0 Å². The summed E-state index contributed by atoms with van der Waals surface area (Å²) in [7, 11) is -3.98. The molecule has 0 fully saturated rings. The number of hydrogen-bond donors (Lipinski definition) is 3. The maximum Gasteiger partial charge on any atom is 0.337 e. The summed E-state index contributed by atoms with van der Waals surface area (Å²) in [5.74, 6) is -1.72. The van der Waals surface area contributed by atoms with Crippen molar-refractivity contribution >= 4 is 33.5 Å². The highest BCUT2D eigenvalue weighted by molar-refractivity contribution is 7.89. The van der Waals surface area contributed by atoms with E-state index < -0.39 is 27.9 Å². The average Bonchev–Trinajstić information content (AvgIpc) is 2.37. The van der Waals surface area contributed by atoms with Gasteiger partial charge in [0.15, 0.2) is 0 Å². The molecule has 1 unspecified atom stereocenters. The van der Waals surface area contributed by atoms with E-state index in [1.165, 1.54) is 6.92 Å². The van der Waals surface area contributed by atoms with Crippen molar-refractivity contribution in [2.75, 3.05) is 6.54 Å². The summed E-state index contributed by atoms with van der Waals surface area (Å²) in [4.78, 5) is 22.1. The van der Waals surface area contributed by atoms with E-state index in [0.717, 1.165) is 18.2 Å². The molecule has 7 nitrogen and oxygen atoms in total. The van der Waals surface area contributed by atoms with Crippen LogP contribution in [-0.2, 0) is 14.8 Å². The van der Waals surface area contributed by atoms with Gasteiger partial charge < -0.3 is 10.4 Å². The molecule has 1 atom stereocenters. The number of rotatable bonds is 6. The summed E-state index contributed by atoms with van der Waals surface area (Å²) in [6.07, 6.45) is 0. The first-order valence-electron chi connectivity index (χ1n) is 6.02. The van der Waals surface area contributed by atoms with Gasteiger partial charge >= 0.3 is 5.97 Å². The molecule has 1 amide bonds. The van der Waals surface area contributed by atoms with Gasteiger partial charge in [0.25, 0.3) is 0 Å². The second kappa shape index (κ2) is 6.88. The Hall–Kier alpha value is -1.64. The molecule has 116 valence electrons. The second-order valence-corrected chi connectivity index (χ2v) is 6.31. The molecule has 0 aliphatic carbocycles. The number of sulfonamides is 1. The zero-order valence-corrected chi connectivity index (χ0v) is 13.0. The number of amides is 1. The van der Waals surface area contributed by atoms with Crippen LogP contribution in [0.25, 0.3) is 0 Å². The highest BCUT2D eigenvalue weighted by atomic mass is 35.5. The smallest absolute Gasteiger partial charge is 0.337 e. The lowest BCUT2D eigenvalue weighted by Crippen LogP contribution is -2.44. The van der Waals surface area contributed by atoms with Gasteiger partial charge in [0.05, 0.1) is 21.5 Å². The number of carbonyl (C=O) groups excluding carboxylic acids is 1. The minimum atomic E-state index is -3.98. The third kappa shape index (κ3) is 4.42. The standard InChI is InChI=1S/C12H15ClN2O5S/c1-3-14-11(16)7(2)15-21(19,20)8-4-5-9(12(17)18)10(13)6-8/h4-7,15H,3H2,1-2H3,(H,14,16)(H,17,18). The van der Waals surface area contributed by atoms with E-state index in [1.54, 1.807) is 6.92 Å². The molecule has 0 saturated carbocycles. The van der Waals surface area contributed by atoms with Crippen LogP contribution in [0.1, 0.15) is 24.2 Å². The van der Waals surface area contributed by atoms with Crippen LogP contribution in [0.4, 0.5) is 0 Å². The van der Waals surface area contributed by atoms with Gasteiger partial charge in [0.1, 0.15) is 0 Å². The normalized spacial score (nSPS) is 12.7. The number of aromatic carboxylic acids is 1. The largest absolute Gasteiger partial charge is 0.478 e. The summed E-state index contributed by atoms with van der Waals surface area (Å²) in [5.41, 5.74) is -0.201. The average molecular weight is 335 g/mol. The van der Waals surface area contributed by atoms with Gasteiger partial charge in [-0.05, 0) is 32.0 Å². The van der Waals surface area contributed by atoms with Gasteiger partial charge in [-0.3, -0.25) is 4.79 Å². The van der Waals surface area contributed by atoms with E-state index in [-0.39, 0.29) is 15.5 Å². The van der Waals surface area contributed by atoms with Crippen LogP contribution in [0.15, 0.2) is 23.1 Å². The molecule has 1 aromatic rings. The number of nitrogens with one attached hydrogen (secondary N) is 2. The highest BCUT2D eigenvalue weighted by Gasteiger charge is 2.23. The Morgan fingerprint density at radius 2 is 2.00 bits per heavy atom. The Balaban J connectivity index is 3.01. The molecule has 0 aliphatic rings. The third-order valence-corrected chi connectivity index (χ3v) is 4.41. The van der Waals surface area contributed by atoms with Crippen LogP contribution in [-0.4, -0.2) is 38.0 Å². The van der Waals surface area contributed by atoms with E-state index in [2.05, 4.69) is 10.0 Å². The minimum Gasteiger partial charge on any atom is -0.478 e. The first-order valence-corrected chi connectivity index (χ1v) is 7.88. The van der Waals surface area contributed by atoms with E-state index >= 15 is 0 Å². The molecule has 21 heavy (non-hydrogen) atoms. The van der Waals surface area contributed by atoms with Crippen LogP contribution < -0.4 is 10.0 Å². The van der Waals surface area contributed by atoms with E-state index in [9.17, 15) is 18.0 Å². The highest BCUT2D eigenvalue weighted by Crippen LogP contribution is 2.21. The quantitative estimate of drug-likeness (QED) is 0.713. The van der Waals surface area contributed by atoms with E-state index in [4.69, 9.17) is 16.7 Å². The van der Waals surface area contributed by atoms with Crippen LogP contribution in [0.2, 0.25) is 5.02 Å². The summed E-state index contributed by atoms with van der Waals surface area (Å²) in [6.45, 7) is 3.49. The summed E-state index contributed by atoms with van der Waals surface area (Å²) in [6, 6.07) is 2.27. The zero-order chi connectivity index (χ0) is 16.2. The minimum absolute atomic E-state index is 0.198. The van der Waals surface area contributed by atoms with E-state index in [1.807, 2.05) is 0 Å². The lowest BCUT2D eigenvalue weighted by atomic mass is 10.2. The Bertz CT molecular complexity index is 660. The van der Waals surface area contributed by atoms with Crippen molar-refractivity contribution < 1.29 is 23.1 Å².